The summed E-state index contributed by atoms with van der Waals surface area (Å²) in [5, 5.41) is 0.935. The van der Waals surface area contributed by atoms with Crippen molar-refractivity contribution in [2.75, 3.05) is 0 Å². The van der Waals surface area contributed by atoms with Crippen LogP contribution < -0.4 is 5.73 Å². The first kappa shape index (κ1) is 15.1. The van der Waals surface area contributed by atoms with Crippen LogP contribution >= 0.6 is 0 Å². The van der Waals surface area contributed by atoms with Crippen LogP contribution in [-0.4, -0.2) is 22.2 Å². The Morgan fingerprint density at radius 2 is 1.90 bits per heavy atom. The average Bonchev–Trinajstić information content (AvgIpc) is 2.73. The second kappa shape index (κ2) is 5.60. The molecule has 112 valence electrons. The molecular weight excluding hydrogens is 268 g/mol. The fourth-order valence-corrected chi connectivity index (χ4v) is 2.17. The summed E-state index contributed by atoms with van der Waals surface area (Å²) >= 11 is 0. The molecule has 0 bridgehead atoms. The third kappa shape index (κ3) is 3.62. The Bertz CT molecular complexity index is 680. The van der Waals surface area contributed by atoms with E-state index in [0.717, 1.165) is 16.5 Å². The van der Waals surface area contributed by atoms with Gasteiger partial charge in [0.25, 0.3) is 0 Å². The molecule has 0 spiro atoms. The van der Waals surface area contributed by atoms with Gasteiger partial charge in [0.2, 0.25) is 5.91 Å². The molecule has 0 aliphatic heterocycles. The molecule has 1 heterocycles. The third-order valence-electron chi connectivity index (χ3n) is 3.03. The monoisotopic (exact) mass is 288 g/mol. The van der Waals surface area contributed by atoms with Crippen molar-refractivity contribution < 1.29 is 14.3 Å². The van der Waals surface area contributed by atoms with Crippen molar-refractivity contribution in [2.45, 2.75) is 39.2 Å². The van der Waals surface area contributed by atoms with Crippen LogP contribution in [0.5, 0.6) is 0 Å². The SMILES string of the molecule is CC(C)(C)OC(=O)n1cc(CCC(N)=O)c2ccccc21. The van der Waals surface area contributed by atoms with E-state index in [0.29, 0.717) is 6.42 Å². The maximum atomic E-state index is 12.3. The fourth-order valence-electron chi connectivity index (χ4n) is 2.17. The van der Waals surface area contributed by atoms with Gasteiger partial charge in [0.1, 0.15) is 5.60 Å². The summed E-state index contributed by atoms with van der Waals surface area (Å²) in [6.07, 6.45) is 2.05. The molecule has 0 atom stereocenters. The largest absolute Gasteiger partial charge is 0.443 e. The van der Waals surface area contributed by atoms with Crippen molar-refractivity contribution >= 4 is 22.9 Å². The van der Waals surface area contributed by atoms with Crippen LogP contribution in [0.3, 0.4) is 0 Å². The molecule has 5 nitrogen and oxygen atoms in total. The number of fused-ring (bicyclic) bond motifs is 1. The molecule has 2 aromatic rings. The van der Waals surface area contributed by atoms with Crippen LogP contribution in [-0.2, 0) is 16.0 Å². The first-order valence-electron chi connectivity index (χ1n) is 6.88. The zero-order valence-electron chi connectivity index (χ0n) is 12.6. The van der Waals surface area contributed by atoms with Gasteiger partial charge < -0.3 is 10.5 Å². The van der Waals surface area contributed by atoms with Crippen molar-refractivity contribution in [3.8, 4) is 0 Å². The Labute approximate surface area is 123 Å². The van der Waals surface area contributed by atoms with E-state index in [-0.39, 0.29) is 12.3 Å². The lowest BCUT2D eigenvalue weighted by Gasteiger charge is -2.19. The molecule has 0 saturated heterocycles. The average molecular weight is 288 g/mol. The lowest BCUT2D eigenvalue weighted by atomic mass is 10.1. The molecule has 0 radical (unpaired) electrons. The van der Waals surface area contributed by atoms with E-state index >= 15 is 0 Å². The number of carbonyl (C=O) groups is 2. The van der Waals surface area contributed by atoms with Crippen molar-refractivity contribution in [1.29, 1.82) is 0 Å². The number of primary amides is 1. The predicted molar refractivity (Wildman–Crippen MR) is 81.1 cm³/mol. The minimum absolute atomic E-state index is 0.252. The van der Waals surface area contributed by atoms with Crippen LogP contribution in [0.4, 0.5) is 4.79 Å². The summed E-state index contributed by atoms with van der Waals surface area (Å²) in [6.45, 7) is 5.47. The van der Waals surface area contributed by atoms with Crippen LogP contribution in [0.2, 0.25) is 0 Å². The second-order valence-electron chi connectivity index (χ2n) is 5.99. The number of benzene rings is 1. The first-order valence-corrected chi connectivity index (χ1v) is 6.88. The topological polar surface area (TPSA) is 74.3 Å². The number of aromatic nitrogens is 1. The highest BCUT2D eigenvalue weighted by Gasteiger charge is 2.20. The van der Waals surface area contributed by atoms with Gasteiger partial charge in [-0.3, -0.25) is 9.36 Å². The highest BCUT2D eigenvalue weighted by Crippen LogP contribution is 2.23. The number of ether oxygens (including phenoxy) is 1. The van der Waals surface area contributed by atoms with Gasteiger partial charge in [0, 0.05) is 18.0 Å². The number of para-hydroxylation sites is 1. The van der Waals surface area contributed by atoms with Crippen molar-refractivity contribution in [2.24, 2.45) is 5.73 Å². The van der Waals surface area contributed by atoms with E-state index in [4.69, 9.17) is 10.5 Å². The lowest BCUT2D eigenvalue weighted by Crippen LogP contribution is -2.26. The van der Waals surface area contributed by atoms with Gasteiger partial charge >= 0.3 is 6.09 Å². The molecule has 0 unspecified atom stereocenters. The summed E-state index contributed by atoms with van der Waals surface area (Å²) in [7, 11) is 0. The van der Waals surface area contributed by atoms with Gasteiger partial charge in [-0.25, -0.2) is 4.79 Å². The Morgan fingerprint density at radius 3 is 2.52 bits per heavy atom. The molecule has 0 aliphatic rings. The summed E-state index contributed by atoms with van der Waals surface area (Å²) in [5.74, 6) is -0.357. The van der Waals surface area contributed by atoms with E-state index in [2.05, 4.69) is 0 Å². The number of hydrogen-bond acceptors (Lipinski definition) is 3. The van der Waals surface area contributed by atoms with Crippen molar-refractivity contribution in [3.63, 3.8) is 0 Å². The number of amides is 1. The van der Waals surface area contributed by atoms with Crippen LogP contribution in [0.1, 0.15) is 32.8 Å². The maximum Gasteiger partial charge on any atom is 0.419 e. The molecular formula is C16H20N2O3. The summed E-state index contributed by atoms with van der Waals surface area (Å²) in [5.41, 5.74) is 6.32. The molecule has 21 heavy (non-hydrogen) atoms. The second-order valence-corrected chi connectivity index (χ2v) is 5.99. The highest BCUT2D eigenvalue weighted by atomic mass is 16.6. The predicted octanol–water partition coefficient (Wildman–Crippen LogP) is 2.84. The summed E-state index contributed by atoms with van der Waals surface area (Å²) < 4.78 is 6.89. The molecule has 0 saturated carbocycles. The smallest absolute Gasteiger partial charge is 0.419 e. The molecule has 2 N–H and O–H groups in total. The number of nitrogens with two attached hydrogens (primary N) is 1. The molecule has 1 aromatic carbocycles. The molecule has 2 rings (SSSR count). The normalized spacial score (nSPS) is 11.6. The standard InChI is InChI=1S/C16H20N2O3/c1-16(2,3)21-15(20)18-10-11(8-9-14(17)19)12-6-4-5-7-13(12)18/h4-7,10H,8-9H2,1-3H3,(H2,17,19). The maximum absolute atomic E-state index is 12.3. The highest BCUT2D eigenvalue weighted by molar-refractivity contribution is 5.92. The van der Waals surface area contributed by atoms with Gasteiger partial charge in [0.15, 0.2) is 0 Å². The van der Waals surface area contributed by atoms with E-state index in [9.17, 15) is 9.59 Å². The first-order chi connectivity index (χ1) is 9.78. The van der Waals surface area contributed by atoms with Gasteiger partial charge in [-0.05, 0) is 38.8 Å². The fraction of sp³-hybridized carbons (Fsp3) is 0.375. The van der Waals surface area contributed by atoms with Crippen LogP contribution in [0.15, 0.2) is 30.5 Å². The number of hydrogen-bond donors (Lipinski definition) is 1. The van der Waals surface area contributed by atoms with Gasteiger partial charge in [-0.15, -0.1) is 0 Å². The zero-order valence-corrected chi connectivity index (χ0v) is 12.6. The number of aryl methyl sites for hydroxylation is 1. The van der Waals surface area contributed by atoms with Gasteiger partial charge in [0.05, 0.1) is 5.52 Å². The number of carbonyl (C=O) groups excluding carboxylic acids is 2. The Kier molecular flexibility index (Phi) is 4.02. The molecule has 1 aromatic heterocycles. The Morgan fingerprint density at radius 1 is 1.24 bits per heavy atom. The Hall–Kier alpha value is -2.30. The zero-order chi connectivity index (χ0) is 15.6. The molecule has 0 aliphatic carbocycles. The van der Waals surface area contributed by atoms with E-state index in [1.54, 1.807) is 6.20 Å². The quantitative estimate of drug-likeness (QED) is 0.943. The molecule has 1 amide bonds. The van der Waals surface area contributed by atoms with E-state index in [1.165, 1.54) is 4.57 Å². The van der Waals surface area contributed by atoms with Crippen LogP contribution in [0, 0.1) is 0 Å². The van der Waals surface area contributed by atoms with Gasteiger partial charge in [-0.1, -0.05) is 18.2 Å². The Balaban J connectivity index is 2.40. The summed E-state index contributed by atoms with van der Waals surface area (Å²) in [6, 6.07) is 7.54. The van der Waals surface area contributed by atoms with E-state index in [1.807, 2.05) is 45.0 Å². The number of nitrogens with zero attached hydrogens (tertiary/aromatic N) is 1. The lowest BCUT2D eigenvalue weighted by molar-refractivity contribution is -0.117. The van der Waals surface area contributed by atoms with E-state index < -0.39 is 11.7 Å². The number of rotatable bonds is 3. The minimum Gasteiger partial charge on any atom is -0.443 e. The summed E-state index contributed by atoms with van der Waals surface area (Å²) in [4.78, 5) is 23.2. The third-order valence-corrected chi connectivity index (χ3v) is 3.03. The van der Waals surface area contributed by atoms with Crippen LogP contribution in [0.25, 0.3) is 10.9 Å². The minimum atomic E-state index is -0.560. The van der Waals surface area contributed by atoms with Crippen molar-refractivity contribution in [1.82, 2.24) is 4.57 Å². The van der Waals surface area contributed by atoms with Gasteiger partial charge in [-0.2, -0.15) is 0 Å². The molecule has 0 fully saturated rings. The molecule has 5 heteroatoms. The van der Waals surface area contributed by atoms with Crippen molar-refractivity contribution in [3.05, 3.63) is 36.0 Å².